The van der Waals surface area contributed by atoms with E-state index in [2.05, 4.69) is 6.58 Å². The third-order valence-electron chi connectivity index (χ3n) is 3.25. The fraction of sp³-hybridized carbons (Fsp3) is 0.357. The van der Waals surface area contributed by atoms with Crippen molar-refractivity contribution in [1.82, 2.24) is 4.90 Å². The highest BCUT2D eigenvalue weighted by atomic mass is 16.3. The van der Waals surface area contributed by atoms with Crippen molar-refractivity contribution in [3.8, 4) is 5.75 Å². The van der Waals surface area contributed by atoms with Crippen LogP contribution in [0.15, 0.2) is 30.4 Å². The van der Waals surface area contributed by atoms with E-state index in [-0.39, 0.29) is 18.3 Å². The van der Waals surface area contributed by atoms with Crippen LogP contribution in [0, 0.1) is 0 Å². The van der Waals surface area contributed by atoms with Gasteiger partial charge in [-0.25, -0.2) is 0 Å². The summed E-state index contributed by atoms with van der Waals surface area (Å²) >= 11 is 0. The number of benzene rings is 1. The molecule has 2 N–H and O–H groups in total. The second kappa shape index (κ2) is 5.23. The van der Waals surface area contributed by atoms with Gasteiger partial charge >= 0.3 is 0 Å². The molecule has 1 heterocycles. The summed E-state index contributed by atoms with van der Waals surface area (Å²) in [5.41, 5.74) is 2.06. The number of hydrogen-bond acceptors (Lipinski definition) is 3. The normalized spacial score (nSPS) is 15.8. The van der Waals surface area contributed by atoms with E-state index < -0.39 is 0 Å². The number of rotatable bonds is 2. The first kappa shape index (κ1) is 12.6. The highest BCUT2D eigenvalue weighted by molar-refractivity contribution is 5.94. The van der Waals surface area contributed by atoms with Crippen molar-refractivity contribution in [1.29, 1.82) is 0 Å². The topological polar surface area (TPSA) is 60.8 Å². The Bertz CT molecular complexity index is 472. The average Bonchev–Trinajstić information content (AvgIpc) is 2.39. The first-order valence-electron chi connectivity index (χ1n) is 6.00. The van der Waals surface area contributed by atoms with Gasteiger partial charge in [0.1, 0.15) is 5.75 Å². The molecule has 18 heavy (non-hydrogen) atoms. The lowest BCUT2D eigenvalue weighted by atomic mass is 10.0. The number of phenols is 1. The minimum Gasteiger partial charge on any atom is -0.508 e. The van der Waals surface area contributed by atoms with E-state index in [0.717, 1.165) is 12.8 Å². The zero-order chi connectivity index (χ0) is 13.1. The molecule has 0 spiro atoms. The Morgan fingerprint density at radius 2 is 2.00 bits per heavy atom. The fourth-order valence-electron chi connectivity index (χ4n) is 2.05. The second-order valence-electron chi connectivity index (χ2n) is 4.54. The third-order valence-corrected chi connectivity index (χ3v) is 3.25. The monoisotopic (exact) mass is 247 g/mol. The molecule has 1 aromatic carbocycles. The van der Waals surface area contributed by atoms with Gasteiger partial charge in [0.15, 0.2) is 0 Å². The summed E-state index contributed by atoms with van der Waals surface area (Å²) in [6.07, 6.45) is 1.69. The Hall–Kier alpha value is -1.81. The van der Waals surface area contributed by atoms with E-state index in [9.17, 15) is 9.90 Å². The van der Waals surface area contributed by atoms with Crippen LogP contribution in [0.5, 0.6) is 5.75 Å². The van der Waals surface area contributed by atoms with E-state index >= 15 is 0 Å². The van der Waals surface area contributed by atoms with Crippen LogP contribution in [0.4, 0.5) is 0 Å². The smallest absolute Gasteiger partial charge is 0.253 e. The van der Waals surface area contributed by atoms with Crippen LogP contribution in [0.2, 0.25) is 0 Å². The first-order chi connectivity index (χ1) is 8.61. The van der Waals surface area contributed by atoms with Gasteiger partial charge in [0.05, 0.1) is 6.61 Å². The summed E-state index contributed by atoms with van der Waals surface area (Å²) in [5, 5.41) is 18.5. The summed E-state index contributed by atoms with van der Waals surface area (Å²) < 4.78 is 0. The zero-order valence-electron chi connectivity index (χ0n) is 10.2. The maximum absolute atomic E-state index is 12.2. The molecule has 1 aromatic rings. The molecular weight excluding hydrogens is 230 g/mol. The van der Waals surface area contributed by atoms with Crippen molar-refractivity contribution in [2.24, 2.45) is 0 Å². The van der Waals surface area contributed by atoms with Crippen LogP contribution in [-0.4, -0.2) is 34.1 Å². The molecule has 1 amide bonds. The fourth-order valence-corrected chi connectivity index (χ4v) is 2.05. The number of carbonyl (C=O) groups excluding carboxylic acids is 1. The largest absolute Gasteiger partial charge is 0.508 e. The van der Waals surface area contributed by atoms with Crippen molar-refractivity contribution in [2.75, 3.05) is 13.1 Å². The summed E-state index contributed by atoms with van der Waals surface area (Å²) in [4.78, 5) is 14.0. The lowest BCUT2D eigenvalue weighted by Gasteiger charge is -2.28. The number of carbonyl (C=O) groups is 1. The molecule has 4 nitrogen and oxygen atoms in total. The SMILES string of the molecule is C=C1CCN(C(=O)c2ccc(O)c(CO)c2)CC1. The second-order valence-corrected chi connectivity index (χ2v) is 4.54. The maximum atomic E-state index is 12.2. The Morgan fingerprint density at radius 3 is 2.61 bits per heavy atom. The van der Waals surface area contributed by atoms with Crippen LogP contribution >= 0.6 is 0 Å². The molecule has 0 radical (unpaired) electrons. The molecule has 0 atom stereocenters. The van der Waals surface area contributed by atoms with Crippen molar-refractivity contribution in [3.05, 3.63) is 41.5 Å². The predicted octanol–water partition coefficient (Wildman–Crippen LogP) is 1.68. The number of aliphatic hydroxyl groups excluding tert-OH is 1. The van der Waals surface area contributed by atoms with Crippen LogP contribution < -0.4 is 0 Å². The standard InChI is InChI=1S/C14H17NO3/c1-10-4-6-15(7-5-10)14(18)11-2-3-13(17)12(8-11)9-16/h2-3,8,16-17H,1,4-7,9H2. The summed E-state index contributed by atoms with van der Waals surface area (Å²) in [6.45, 7) is 5.02. The average molecular weight is 247 g/mol. The van der Waals surface area contributed by atoms with E-state index in [1.54, 1.807) is 17.0 Å². The van der Waals surface area contributed by atoms with Gasteiger partial charge in [0, 0.05) is 24.2 Å². The zero-order valence-corrected chi connectivity index (χ0v) is 10.2. The van der Waals surface area contributed by atoms with Crippen LogP contribution in [0.3, 0.4) is 0 Å². The third kappa shape index (κ3) is 2.54. The Kier molecular flexibility index (Phi) is 3.67. The van der Waals surface area contributed by atoms with Crippen LogP contribution in [0.25, 0.3) is 0 Å². The van der Waals surface area contributed by atoms with E-state index in [0.29, 0.717) is 24.2 Å². The van der Waals surface area contributed by atoms with E-state index in [1.165, 1.54) is 11.6 Å². The molecule has 0 unspecified atom stereocenters. The lowest BCUT2D eigenvalue weighted by molar-refractivity contribution is 0.0743. The molecule has 0 aliphatic carbocycles. The number of amides is 1. The van der Waals surface area contributed by atoms with Crippen molar-refractivity contribution >= 4 is 5.91 Å². The summed E-state index contributed by atoms with van der Waals surface area (Å²) in [6, 6.07) is 4.57. The number of piperidine rings is 1. The predicted molar refractivity (Wildman–Crippen MR) is 68.3 cm³/mol. The summed E-state index contributed by atoms with van der Waals surface area (Å²) in [7, 11) is 0. The highest BCUT2D eigenvalue weighted by Gasteiger charge is 2.20. The Balaban J connectivity index is 2.16. The van der Waals surface area contributed by atoms with Gasteiger partial charge in [-0.15, -0.1) is 0 Å². The van der Waals surface area contributed by atoms with Crippen LogP contribution in [-0.2, 0) is 6.61 Å². The molecule has 0 saturated carbocycles. The Labute approximate surface area is 106 Å². The quantitative estimate of drug-likeness (QED) is 0.782. The van der Waals surface area contributed by atoms with Gasteiger partial charge < -0.3 is 15.1 Å². The Morgan fingerprint density at radius 1 is 1.33 bits per heavy atom. The lowest BCUT2D eigenvalue weighted by Crippen LogP contribution is -2.36. The number of aliphatic hydroxyl groups is 1. The van der Waals surface area contributed by atoms with Crippen LogP contribution in [0.1, 0.15) is 28.8 Å². The first-order valence-corrected chi connectivity index (χ1v) is 6.00. The van der Waals surface area contributed by atoms with Gasteiger partial charge in [-0.3, -0.25) is 4.79 Å². The molecule has 1 aliphatic rings. The molecule has 1 saturated heterocycles. The number of hydrogen-bond donors (Lipinski definition) is 2. The number of aromatic hydroxyl groups is 1. The van der Waals surface area contributed by atoms with Gasteiger partial charge in [-0.1, -0.05) is 12.2 Å². The number of nitrogens with zero attached hydrogens (tertiary/aromatic N) is 1. The van der Waals surface area contributed by atoms with Crippen molar-refractivity contribution in [2.45, 2.75) is 19.4 Å². The maximum Gasteiger partial charge on any atom is 0.253 e. The van der Waals surface area contributed by atoms with Gasteiger partial charge in [-0.05, 0) is 31.0 Å². The molecular formula is C14H17NO3. The van der Waals surface area contributed by atoms with E-state index in [1.807, 2.05) is 0 Å². The minimum absolute atomic E-state index is 0.0149. The molecule has 96 valence electrons. The molecule has 4 heteroatoms. The van der Waals surface area contributed by atoms with Gasteiger partial charge in [-0.2, -0.15) is 0 Å². The molecule has 0 bridgehead atoms. The van der Waals surface area contributed by atoms with Crippen molar-refractivity contribution < 1.29 is 15.0 Å². The van der Waals surface area contributed by atoms with Gasteiger partial charge in [0.2, 0.25) is 0 Å². The van der Waals surface area contributed by atoms with E-state index in [4.69, 9.17) is 5.11 Å². The number of likely N-dealkylation sites (tertiary alicyclic amines) is 1. The van der Waals surface area contributed by atoms with Crippen molar-refractivity contribution in [3.63, 3.8) is 0 Å². The molecule has 2 rings (SSSR count). The molecule has 1 aliphatic heterocycles. The summed E-state index contributed by atoms with van der Waals surface area (Å²) in [5.74, 6) is -0.0433. The molecule has 1 fully saturated rings. The minimum atomic E-state index is -0.274. The van der Waals surface area contributed by atoms with Gasteiger partial charge in [0.25, 0.3) is 5.91 Å². The molecule has 0 aromatic heterocycles. The highest BCUT2D eigenvalue weighted by Crippen LogP contribution is 2.21.